The van der Waals surface area contributed by atoms with Gasteiger partial charge in [-0.25, -0.2) is 17.2 Å². The average molecular weight is 298 g/mol. The molecule has 0 bridgehead atoms. The van der Waals surface area contributed by atoms with Crippen LogP contribution < -0.4 is 0 Å². The van der Waals surface area contributed by atoms with Gasteiger partial charge in [0.1, 0.15) is 17.2 Å². The second-order valence-corrected chi connectivity index (χ2v) is 5.34. The third kappa shape index (κ3) is 2.69. The average Bonchev–Trinajstić information content (AvgIpc) is 2.25. The van der Waals surface area contributed by atoms with Gasteiger partial charge in [-0.2, -0.15) is 5.26 Å². The normalized spacial score (nSPS) is 11.3. The lowest BCUT2D eigenvalue weighted by atomic mass is 10.2. The molecular formula is C7H2ClF2N3O4S. The third-order valence-corrected chi connectivity index (χ3v) is 2.97. The molecule has 11 heteroatoms. The number of rotatable bonds is 3. The maximum absolute atomic E-state index is 12.5. The van der Waals surface area contributed by atoms with Gasteiger partial charge in [0.25, 0.3) is 11.5 Å². The molecule has 0 aliphatic carbocycles. The van der Waals surface area contributed by atoms with E-state index in [2.05, 4.69) is 4.98 Å². The number of nitrogens with zero attached hydrogens (tertiary/aromatic N) is 3. The Morgan fingerprint density at radius 2 is 2.11 bits per heavy atom. The van der Waals surface area contributed by atoms with E-state index in [1.54, 1.807) is 0 Å². The minimum atomic E-state index is -4.55. The van der Waals surface area contributed by atoms with Crippen molar-refractivity contribution in [2.45, 2.75) is 11.5 Å². The standard InChI is InChI=1S/C7H2ClF2N3O4S/c8-18(16,17)7-3(2-11)1-4(5(9)10)6(12-7)13(14)15/h1,5H. The number of hydrogen-bond acceptors (Lipinski definition) is 6. The number of hydrogen-bond donors (Lipinski definition) is 0. The molecule has 0 radical (unpaired) electrons. The monoisotopic (exact) mass is 297 g/mol. The predicted octanol–water partition coefficient (Wildman–Crippen LogP) is 1.73. The van der Waals surface area contributed by atoms with Crippen molar-refractivity contribution in [3.05, 3.63) is 27.3 Å². The molecule has 18 heavy (non-hydrogen) atoms. The van der Waals surface area contributed by atoms with E-state index in [1.165, 1.54) is 6.07 Å². The molecule has 7 nitrogen and oxygen atoms in total. The molecule has 0 spiro atoms. The highest BCUT2D eigenvalue weighted by Crippen LogP contribution is 2.31. The summed E-state index contributed by atoms with van der Waals surface area (Å²) >= 11 is 0. The van der Waals surface area contributed by atoms with Crippen LogP contribution in [-0.2, 0) is 9.05 Å². The Kier molecular flexibility index (Phi) is 3.78. The van der Waals surface area contributed by atoms with Gasteiger partial charge in [0.05, 0.1) is 0 Å². The topological polar surface area (TPSA) is 114 Å². The summed E-state index contributed by atoms with van der Waals surface area (Å²) in [4.78, 5) is 12.1. The van der Waals surface area contributed by atoms with Crippen molar-refractivity contribution in [2.24, 2.45) is 0 Å². The summed E-state index contributed by atoms with van der Waals surface area (Å²) in [5.74, 6) is -1.36. The molecule has 1 heterocycles. The summed E-state index contributed by atoms with van der Waals surface area (Å²) < 4.78 is 47.0. The van der Waals surface area contributed by atoms with Gasteiger partial charge in [-0.3, -0.25) is 0 Å². The summed E-state index contributed by atoms with van der Waals surface area (Å²) in [6.07, 6.45) is -3.28. The van der Waals surface area contributed by atoms with Crippen LogP contribution in [0.4, 0.5) is 14.6 Å². The van der Waals surface area contributed by atoms with Crippen molar-refractivity contribution < 1.29 is 22.1 Å². The number of aromatic nitrogens is 1. The Balaban J connectivity index is 3.75. The van der Waals surface area contributed by atoms with E-state index in [1.807, 2.05) is 0 Å². The van der Waals surface area contributed by atoms with Crippen LogP contribution in [-0.4, -0.2) is 18.3 Å². The van der Waals surface area contributed by atoms with Gasteiger partial charge in [0.2, 0.25) is 0 Å². The fraction of sp³-hybridized carbons (Fsp3) is 0.143. The Morgan fingerprint density at radius 3 is 2.44 bits per heavy atom. The van der Waals surface area contributed by atoms with Crippen molar-refractivity contribution in [1.82, 2.24) is 4.98 Å². The van der Waals surface area contributed by atoms with Crippen molar-refractivity contribution in [3.8, 4) is 6.07 Å². The Bertz CT molecular complexity index is 655. The highest BCUT2D eigenvalue weighted by Gasteiger charge is 2.32. The molecule has 0 aliphatic rings. The summed E-state index contributed by atoms with van der Waals surface area (Å²) in [6, 6.07) is 1.66. The van der Waals surface area contributed by atoms with Crippen molar-refractivity contribution in [3.63, 3.8) is 0 Å². The van der Waals surface area contributed by atoms with Gasteiger partial charge in [0, 0.05) is 10.7 Å². The molecule has 1 rings (SSSR count). The van der Waals surface area contributed by atoms with E-state index in [0.29, 0.717) is 6.07 Å². The third-order valence-electron chi connectivity index (χ3n) is 1.76. The van der Waals surface area contributed by atoms with Gasteiger partial charge >= 0.3 is 14.9 Å². The largest absolute Gasteiger partial charge is 0.373 e. The number of halogens is 3. The smallest absolute Gasteiger partial charge is 0.358 e. The van der Waals surface area contributed by atoms with Gasteiger partial charge in [-0.1, -0.05) is 0 Å². The zero-order chi connectivity index (χ0) is 14.1. The molecule has 0 amide bonds. The molecule has 0 saturated heterocycles. The van der Waals surface area contributed by atoms with E-state index in [4.69, 9.17) is 15.9 Å². The van der Waals surface area contributed by atoms with Crippen LogP contribution in [0, 0.1) is 21.4 Å². The van der Waals surface area contributed by atoms with Gasteiger partial charge in [-0.15, -0.1) is 0 Å². The Morgan fingerprint density at radius 1 is 1.56 bits per heavy atom. The van der Waals surface area contributed by atoms with E-state index in [-0.39, 0.29) is 0 Å². The van der Waals surface area contributed by atoms with Gasteiger partial charge < -0.3 is 10.1 Å². The zero-order valence-electron chi connectivity index (χ0n) is 8.17. The van der Waals surface area contributed by atoms with Crippen LogP contribution in [0.5, 0.6) is 0 Å². The molecule has 0 unspecified atom stereocenters. The van der Waals surface area contributed by atoms with Crippen LogP contribution in [0.15, 0.2) is 11.1 Å². The summed E-state index contributed by atoms with van der Waals surface area (Å²) in [6.45, 7) is 0. The second-order valence-electron chi connectivity index (χ2n) is 2.86. The first-order chi connectivity index (χ1) is 8.18. The van der Waals surface area contributed by atoms with Gasteiger partial charge in [0.15, 0.2) is 0 Å². The number of alkyl halides is 2. The lowest BCUT2D eigenvalue weighted by Gasteiger charge is -2.03. The molecule has 96 valence electrons. The SMILES string of the molecule is N#Cc1cc(C(F)F)c([N+](=O)[O-])nc1S(=O)(=O)Cl. The molecule has 0 aromatic carbocycles. The summed E-state index contributed by atoms with van der Waals surface area (Å²) in [5.41, 5.74) is -1.94. The van der Waals surface area contributed by atoms with E-state index < -0.39 is 42.4 Å². The fourth-order valence-electron chi connectivity index (χ4n) is 1.08. The lowest BCUT2D eigenvalue weighted by Crippen LogP contribution is -2.06. The molecular weight excluding hydrogens is 296 g/mol. The van der Waals surface area contributed by atoms with Gasteiger partial charge in [-0.05, 0) is 16.0 Å². The lowest BCUT2D eigenvalue weighted by molar-refractivity contribution is -0.391. The van der Waals surface area contributed by atoms with E-state index in [0.717, 1.165) is 0 Å². The van der Waals surface area contributed by atoms with Crippen LogP contribution in [0.25, 0.3) is 0 Å². The molecule has 0 fully saturated rings. The van der Waals surface area contributed by atoms with E-state index in [9.17, 15) is 27.3 Å². The van der Waals surface area contributed by atoms with Crippen LogP contribution in [0.2, 0.25) is 0 Å². The molecule has 0 aliphatic heterocycles. The maximum atomic E-state index is 12.5. The van der Waals surface area contributed by atoms with Crippen LogP contribution in [0.3, 0.4) is 0 Å². The molecule has 0 atom stereocenters. The molecule has 1 aromatic heterocycles. The Hall–Kier alpha value is -1.86. The zero-order valence-corrected chi connectivity index (χ0v) is 9.74. The predicted molar refractivity (Wildman–Crippen MR) is 53.6 cm³/mol. The fourth-order valence-corrected chi connectivity index (χ4v) is 1.99. The minimum absolute atomic E-state index is 0.380. The highest BCUT2D eigenvalue weighted by molar-refractivity contribution is 8.13. The van der Waals surface area contributed by atoms with Crippen LogP contribution >= 0.6 is 10.7 Å². The molecule has 0 N–H and O–H groups in total. The minimum Gasteiger partial charge on any atom is -0.358 e. The Labute approximate surface area is 103 Å². The summed E-state index contributed by atoms with van der Waals surface area (Å²) in [7, 11) is 0.345. The second kappa shape index (κ2) is 4.79. The first kappa shape index (κ1) is 14.2. The first-order valence-corrected chi connectivity index (χ1v) is 6.31. The first-order valence-electron chi connectivity index (χ1n) is 4.00. The van der Waals surface area contributed by atoms with Crippen molar-refractivity contribution in [2.75, 3.05) is 0 Å². The number of nitriles is 1. The maximum Gasteiger partial charge on any atom is 0.373 e. The van der Waals surface area contributed by atoms with Crippen LogP contribution in [0.1, 0.15) is 17.6 Å². The van der Waals surface area contributed by atoms with Crippen molar-refractivity contribution in [1.29, 1.82) is 5.26 Å². The van der Waals surface area contributed by atoms with Crippen molar-refractivity contribution >= 4 is 25.6 Å². The highest BCUT2D eigenvalue weighted by atomic mass is 35.7. The molecule has 0 saturated carbocycles. The number of pyridine rings is 1. The number of nitro groups is 1. The van der Waals surface area contributed by atoms with E-state index >= 15 is 0 Å². The quantitative estimate of drug-likeness (QED) is 0.477. The summed E-state index contributed by atoms with van der Waals surface area (Å²) in [5, 5.41) is 18.0. The molecule has 1 aromatic rings.